The average molecular weight is 210 g/mol. The smallest absolute Gasteiger partial charge is 0.0650 e. The molecule has 0 aromatic heterocycles. The molecule has 0 saturated heterocycles. The predicted molar refractivity (Wildman–Crippen MR) is 63.7 cm³/mol. The van der Waals surface area contributed by atoms with Crippen LogP contribution in [0.4, 0.5) is 0 Å². The topological polar surface area (TPSA) is 20.2 Å². The van der Waals surface area contributed by atoms with E-state index in [9.17, 15) is 5.11 Å². The summed E-state index contributed by atoms with van der Waals surface area (Å²) in [5.41, 5.74) is -0.361. The van der Waals surface area contributed by atoms with E-state index in [-0.39, 0.29) is 5.60 Å². The van der Waals surface area contributed by atoms with Crippen molar-refractivity contribution in [1.29, 1.82) is 0 Å². The molecule has 2 rings (SSSR count). The molecule has 2 aliphatic rings. The van der Waals surface area contributed by atoms with Crippen molar-refractivity contribution in [2.45, 2.75) is 70.8 Å². The Hall–Kier alpha value is -0.0400. The van der Waals surface area contributed by atoms with Gasteiger partial charge in [-0.25, -0.2) is 0 Å². The Bertz CT molecular complexity index is 197. The van der Waals surface area contributed by atoms with Crippen LogP contribution >= 0.6 is 0 Å². The Kier molecular flexibility index (Phi) is 3.39. The molecule has 2 fully saturated rings. The third kappa shape index (κ3) is 2.96. The summed E-state index contributed by atoms with van der Waals surface area (Å²) in [6.07, 6.45) is 10.3. The Morgan fingerprint density at radius 3 is 2.00 bits per heavy atom. The fourth-order valence-corrected chi connectivity index (χ4v) is 3.27. The first kappa shape index (κ1) is 11.4. The molecule has 1 nitrogen and oxygen atoms in total. The first-order valence-corrected chi connectivity index (χ1v) is 6.84. The highest BCUT2D eigenvalue weighted by molar-refractivity contribution is 4.90. The number of hydrogen-bond donors (Lipinski definition) is 1. The molecule has 0 aromatic rings. The molecule has 0 spiro atoms. The highest BCUT2D eigenvalue weighted by Gasteiger charge is 2.38. The van der Waals surface area contributed by atoms with E-state index < -0.39 is 0 Å². The van der Waals surface area contributed by atoms with E-state index in [1.807, 2.05) is 0 Å². The molecule has 2 saturated carbocycles. The van der Waals surface area contributed by atoms with Gasteiger partial charge in [0.25, 0.3) is 0 Å². The average Bonchev–Trinajstić information content (AvgIpc) is 3.01. The summed E-state index contributed by atoms with van der Waals surface area (Å²) in [5, 5.41) is 10.5. The van der Waals surface area contributed by atoms with Gasteiger partial charge in [0.2, 0.25) is 0 Å². The summed E-state index contributed by atoms with van der Waals surface area (Å²) in [7, 11) is 0. The van der Waals surface area contributed by atoms with Crippen molar-refractivity contribution in [1.82, 2.24) is 0 Å². The van der Waals surface area contributed by atoms with Crippen LogP contribution in [0.1, 0.15) is 65.2 Å². The van der Waals surface area contributed by atoms with Gasteiger partial charge in [-0.05, 0) is 43.9 Å². The lowest BCUT2D eigenvalue weighted by Crippen LogP contribution is -2.37. The van der Waals surface area contributed by atoms with Gasteiger partial charge in [-0.2, -0.15) is 0 Å². The Balaban J connectivity index is 1.82. The van der Waals surface area contributed by atoms with Crippen molar-refractivity contribution < 1.29 is 5.11 Å². The summed E-state index contributed by atoms with van der Waals surface area (Å²) in [5.74, 6) is 2.38. The normalized spacial score (nSPS) is 36.2. The quantitative estimate of drug-likeness (QED) is 0.749. The third-order valence-electron chi connectivity index (χ3n) is 4.70. The van der Waals surface area contributed by atoms with Crippen LogP contribution in [0.2, 0.25) is 0 Å². The highest BCUT2D eigenvalue weighted by atomic mass is 16.3. The summed E-state index contributed by atoms with van der Waals surface area (Å²) in [6.45, 7) is 4.38. The van der Waals surface area contributed by atoms with Crippen LogP contribution in [0, 0.1) is 17.8 Å². The first-order valence-electron chi connectivity index (χ1n) is 6.84. The van der Waals surface area contributed by atoms with Crippen molar-refractivity contribution in [2.24, 2.45) is 17.8 Å². The minimum atomic E-state index is -0.361. The highest BCUT2D eigenvalue weighted by Crippen LogP contribution is 2.44. The van der Waals surface area contributed by atoms with E-state index in [0.29, 0.717) is 5.92 Å². The maximum absolute atomic E-state index is 10.5. The van der Waals surface area contributed by atoms with Gasteiger partial charge in [-0.15, -0.1) is 0 Å². The van der Waals surface area contributed by atoms with Crippen LogP contribution in [-0.2, 0) is 0 Å². The number of aliphatic hydroxyl groups is 1. The molecule has 1 N–H and O–H groups in total. The van der Waals surface area contributed by atoms with Crippen molar-refractivity contribution in [3.63, 3.8) is 0 Å². The molecule has 15 heavy (non-hydrogen) atoms. The fraction of sp³-hybridized carbons (Fsp3) is 1.00. The molecule has 0 radical (unpaired) electrons. The first-order chi connectivity index (χ1) is 7.12. The zero-order valence-corrected chi connectivity index (χ0v) is 10.3. The Labute approximate surface area is 94.3 Å². The molecule has 1 heteroatoms. The van der Waals surface area contributed by atoms with Gasteiger partial charge in [-0.3, -0.25) is 0 Å². The monoisotopic (exact) mass is 210 g/mol. The van der Waals surface area contributed by atoms with Crippen LogP contribution in [0.25, 0.3) is 0 Å². The van der Waals surface area contributed by atoms with Gasteiger partial charge in [0.15, 0.2) is 0 Å². The minimum absolute atomic E-state index is 0.361. The van der Waals surface area contributed by atoms with E-state index in [4.69, 9.17) is 0 Å². The largest absolute Gasteiger partial charge is 0.390 e. The molecule has 88 valence electrons. The molecule has 0 aromatic carbocycles. The van der Waals surface area contributed by atoms with Crippen molar-refractivity contribution >= 4 is 0 Å². The Morgan fingerprint density at radius 1 is 1.00 bits per heavy atom. The minimum Gasteiger partial charge on any atom is -0.390 e. The zero-order valence-electron chi connectivity index (χ0n) is 10.3. The van der Waals surface area contributed by atoms with Gasteiger partial charge in [0, 0.05) is 0 Å². The van der Waals surface area contributed by atoms with E-state index >= 15 is 0 Å². The van der Waals surface area contributed by atoms with Crippen LogP contribution in [-0.4, -0.2) is 10.7 Å². The van der Waals surface area contributed by atoms with Crippen molar-refractivity contribution in [3.8, 4) is 0 Å². The Morgan fingerprint density at radius 2 is 1.53 bits per heavy atom. The lowest BCUT2D eigenvalue weighted by molar-refractivity contribution is -0.0334. The predicted octanol–water partition coefficient (Wildman–Crippen LogP) is 3.75. The SMILES string of the molecule is CCC1CCC(C(C)(O)CC2CC2)CC1. The standard InChI is InChI=1S/C14H26O/c1-3-11-6-8-13(9-7-11)14(2,15)10-12-4-5-12/h11-13,15H,3-10H2,1-2H3. The van der Waals surface area contributed by atoms with Crippen LogP contribution < -0.4 is 0 Å². The van der Waals surface area contributed by atoms with E-state index in [2.05, 4.69) is 13.8 Å². The van der Waals surface area contributed by atoms with Gasteiger partial charge in [0.05, 0.1) is 5.60 Å². The number of rotatable bonds is 4. The van der Waals surface area contributed by atoms with Gasteiger partial charge < -0.3 is 5.11 Å². The van der Waals surface area contributed by atoms with Gasteiger partial charge >= 0.3 is 0 Å². The van der Waals surface area contributed by atoms with Gasteiger partial charge in [-0.1, -0.05) is 39.0 Å². The molecule has 0 heterocycles. The maximum Gasteiger partial charge on any atom is 0.0650 e. The lowest BCUT2D eigenvalue weighted by atomic mass is 9.72. The fourth-order valence-electron chi connectivity index (χ4n) is 3.27. The van der Waals surface area contributed by atoms with Crippen LogP contribution in [0.3, 0.4) is 0 Å². The summed E-state index contributed by atoms with van der Waals surface area (Å²) in [4.78, 5) is 0. The molecule has 0 bridgehead atoms. The molecular formula is C14H26O. The van der Waals surface area contributed by atoms with E-state index in [0.717, 1.165) is 18.3 Å². The second kappa shape index (κ2) is 4.45. The van der Waals surface area contributed by atoms with Crippen molar-refractivity contribution in [2.75, 3.05) is 0 Å². The zero-order chi connectivity index (χ0) is 10.9. The second-order valence-electron chi connectivity index (χ2n) is 6.13. The van der Waals surface area contributed by atoms with Gasteiger partial charge in [0.1, 0.15) is 0 Å². The summed E-state index contributed by atoms with van der Waals surface area (Å²) < 4.78 is 0. The molecule has 0 amide bonds. The number of hydrogen-bond acceptors (Lipinski definition) is 1. The second-order valence-corrected chi connectivity index (χ2v) is 6.13. The summed E-state index contributed by atoms with van der Waals surface area (Å²) >= 11 is 0. The molecule has 1 unspecified atom stereocenters. The summed E-state index contributed by atoms with van der Waals surface area (Å²) in [6, 6.07) is 0. The molecular weight excluding hydrogens is 184 g/mol. The molecule has 0 aliphatic heterocycles. The molecule has 2 aliphatic carbocycles. The van der Waals surface area contributed by atoms with E-state index in [1.54, 1.807) is 0 Å². The third-order valence-corrected chi connectivity index (χ3v) is 4.70. The maximum atomic E-state index is 10.5. The van der Waals surface area contributed by atoms with E-state index in [1.165, 1.54) is 44.9 Å². The van der Waals surface area contributed by atoms with Crippen LogP contribution in [0.5, 0.6) is 0 Å². The van der Waals surface area contributed by atoms with Crippen LogP contribution in [0.15, 0.2) is 0 Å². The molecule has 1 atom stereocenters. The van der Waals surface area contributed by atoms with Crippen molar-refractivity contribution in [3.05, 3.63) is 0 Å². The lowest BCUT2D eigenvalue weighted by Gasteiger charge is -2.38.